The average Bonchev–Trinajstić information content (AvgIpc) is 2.97. The van der Waals surface area contributed by atoms with E-state index in [1.165, 1.54) is 28.8 Å². The molecule has 35 heavy (non-hydrogen) atoms. The van der Waals surface area contributed by atoms with Crippen molar-refractivity contribution in [1.29, 1.82) is 0 Å². The molecule has 2 aromatic rings. The van der Waals surface area contributed by atoms with Crippen LogP contribution in [0.2, 0.25) is 0 Å². The second kappa shape index (κ2) is 7.92. The third kappa shape index (κ3) is 3.32. The van der Waals surface area contributed by atoms with E-state index in [1.54, 1.807) is 0 Å². The molecule has 5 heteroatoms. The Labute approximate surface area is 205 Å². The first kappa shape index (κ1) is 23.6. The number of anilines is 1. The summed E-state index contributed by atoms with van der Waals surface area (Å²) in [5, 5.41) is 10.6. The van der Waals surface area contributed by atoms with Gasteiger partial charge in [-0.1, -0.05) is 19.9 Å². The molecule has 4 nitrogen and oxygen atoms in total. The number of rotatable bonds is 3. The van der Waals surface area contributed by atoms with E-state index in [-0.39, 0.29) is 18.1 Å². The third-order valence-electron chi connectivity index (χ3n) is 8.35. The summed E-state index contributed by atoms with van der Waals surface area (Å²) in [6, 6.07) is 9.12. The highest BCUT2D eigenvalue weighted by Crippen LogP contribution is 2.50. The molecule has 1 atom stereocenters. The van der Waals surface area contributed by atoms with Crippen LogP contribution in [0, 0.1) is 33.5 Å². The van der Waals surface area contributed by atoms with Crippen molar-refractivity contribution in [1.82, 2.24) is 0 Å². The molecule has 0 aromatic heterocycles. The van der Waals surface area contributed by atoms with Crippen molar-refractivity contribution in [3.8, 4) is 22.5 Å². The Morgan fingerprint density at radius 1 is 1.00 bits per heavy atom. The fourth-order valence-corrected chi connectivity index (χ4v) is 5.86. The van der Waals surface area contributed by atoms with Crippen molar-refractivity contribution in [2.45, 2.75) is 59.9 Å². The molecule has 0 spiro atoms. The van der Waals surface area contributed by atoms with Gasteiger partial charge in [0.1, 0.15) is 11.3 Å². The Hall–Kier alpha value is -3.18. The van der Waals surface area contributed by atoms with Crippen LogP contribution < -0.4 is 10.3 Å². The predicted octanol–water partition coefficient (Wildman–Crippen LogP) is 6.42. The Morgan fingerprint density at radius 3 is 2.40 bits per heavy atom. The molecule has 2 aromatic carbocycles. The maximum absolute atomic E-state index is 14.6. The van der Waals surface area contributed by atoms with Crippen LogP contribution in [-0.4, -0.2) is 24.3 Å². The Morgan fingerprint density at radius 2 is 1.71 bits per heavy atom. The van der Waals surface area contributed by atoms with Crippen molar-refractivity contribution in [2.75, 3.05) is 18.1 Å². The SMILES string of the molecule is Cc1cc(C)c(-c2c3cc(F)c(=O)cc-3oc3cc4c(cc23)C(C)(C)C(C)N4CCO)c(C)c1C. The summed E-state index contributed by atoms with van der Waals surface area (Å²) in [6.07, 6.45) is 0. The standard InChI is InChI=1S/C30H32FNO3/c1-15-10-16(2)28(18(4)17(15)3)29-20-11-22-24(32(8-9-33)19(5)30(22,6)7)13-26(20)35-27-14-25(34)23(31)12-21(27)29/h10-14,19,33H,8-9H2,1-7H3. The quantitative estimate of drug-likeness (QED) is 0.349. The number of halogens is 1. The van der Waals surface area contributed by atoms with E-state index in [0.29, 0.717) is 23.5 Å². The number of hydrogen-bond acceptors (Lipinski definition) is 4. The van der Waals surface area contributed by atoms with Gasteiger partial charge in [-0.2, -0.15) is 0 Å². The second-order valence-electron chi connectivity index (χ2n) is 10.6. The van der Waals surface area contributed by atoms with Crippen molar-refractivity contribution < 1.29 is 13.9 Å². The van der Waals surface area contributed by atoms with Gasteiger partial charge in [-0.3, -0.25) is 4.79 Å². The minimum Gasteiger partial charge on any atom is -0.456 e. The van der Waals surface area contributed by atoms with Crippen LogP contribution in [0.15, 0.2) is 39.5 Å². The number of aliphatic hydroxyl groups is 1. The normalized spacial score (nSPS) is 16.9. The molecular weight excluding hydrogens is 441 g/mol. The maximum atomic E-state index is 14.6. The third-order valence-corrected chi connectivity index (χ3v) is 8.35. The zero-order valence-electron chi connectivity index (χ0n) is 21.5. The highest BCUT2D eigenvalue weighted by atomic mass is 19.1. The molecule has 0 fully saturated rings. The lowest BCUT2D eigenvalue weighted by Crippen LogP contribution is -2.40. The lowest BCUT2D eigenvalue weighted by molar-refractivity contribution is 0.293. The summed E-state index contributed by atoms with van der Waals surface area (Å²) < 4.78 is 20.9. The first-order valence-corrected chi connectivity index (χ1v) is 12.2. The molecule has 0 saturated heterocycles. The van der Waals surface area contributed by atoms with Crippen LogP contribution >= 0.6 is 0 Å². The fraction of sp³-hybridized carbons (Fsp3) is 0.367. The van der Waals surface area contributed by atoms with E-state index in [4.69, 9.17) is 4.42 Å². The Kier molecular flexibility index (Phi) is 5.33. The first-order chi connectivity index (χ1) is 16.5. The number of aliphatic hydroxyl groups excluding tert-OH is 1. The molecular formula is C30H32FNO3. The van der Waals surface area contributed by atoms with Gasteiger partial charge in [0.25, 0.3) is 0 Å². The summed E-state index contributed by atoms with van der Waals surface area (Å²) in [6.45, 7) is 15.6. The van der Waals surface area contributed by atoms with Gasteiger partial charge in [-0.05, 0) is 80.1 Å². The van der Waals surface area contributed by atoms with Crippen LogP contribution in [0.3, 0.4) is 0 Å². The zero-order valence-corrected chi connectivity index (χ0v) is 21.5. The van der Waals surface area contributed by atoms with E-state index in [2.05, 4.69) is 65.5 Å². The number of fused-ring (bicyclic) bond motifs is 3. The van der Waals surface area contributed by atoms with Gasteiger partial charge in [0.2, 0.25) is 5.43 Å². The lowest BCUT2D eigenvalue weighted by Gasteiger charge is -2.31. The van der Waals surface area contributed by atoms with Crippen molar-refractivity contribution in [2.24, 2.45) is 0 Å². The smallest absolute Gasteiger partial charge is 0.217 e. The van der Waals surface area contributed by atoms with Gasteiger partial charge in [0.05, 0.1) is 6.61 Å². The van der Waals surface area contributed by atoms with Crippen LogP contribution in [0.1, 0.15) is 48.6 Å². The van der Waals surface area contributed by atoms with E-state index >= 15 is 0 Å². The minimum atomic E-state index is -0.781. The monoisotopic (exact) mass is 473 g/mol. The number of benzene rings is 3. The summed E-state index contributed by atoms with van der Waals surface area (Å²) in [5.74, 6) is -0.411. The molecule has 1 N–H and O–H groups in total. The topological polar surface area (TPSA) is 53.7 Å². The number of β-amino-alcohol motifs (C(OH)–C–C–N with tert-alkyl or cyclic N) is 1. The van der Waals surface area contributed by atoms with Crippen LogP contribution in [-0.2, 0) is 5.41 Å². The van der Waals surface area contributed by atoms with Crippen molar-refractivity contribution in [3.63, 3.8) is 0 Å². The van der Waals surface area contributed by atoms with Gasteiger partial charge < -0.3 is 14.4 Å². The highest BCUT2D eigenvalue weighted by molar-refractivity contribution is 6.05. The summed E-state index contributed by atoms with van der Waals surface area (Å²) in [5.41, 5.74) is 9.16. The van der Waals surface area contributed by atoms with E-state index < -0.39 is 11.2 Å². The maximum Gasteiger partial charge on any atom is 0.217 e. The fourth-order valence-electron chi connectivity index (χ4n) is 5.86. The predicted molar refractivity (Wildman–Crippen MR) is 140 cm³/mol. The molecule has 0 saturated carbocycles. The minimum absolute atomic E-state index is 0.0534. The van der Waals surface area contributed by atoms with Crippen LogP contribution in [0.25, 0.3) is 33.4 Å². The van der Waals surface area contributed by atoms with Gasteiger partial charge in [0.15, 0.2) is 5.82 Å². The van der Waals surface area contributed by atoms with Gasteiger partial charge in [0, 0.05) is 52.3 Å². The van der Waals surface area contributed by atoms with Gasteiger partial charge >= 0.3 is 0 Å². The second-order valence-corrected chi connectivity index (χ2v) is 10.6. The molecule has 0 bridgehead atoms. The van der Waals surface area contributed by atoms with Crippen LogP contribution in [0.5, 0.6) is 0 Å². The Bertz CT molecular complexity index is 1530. The summed E-state index contributed by atoms with van der Waals surface area (Å²) >= 11 is 0. The molecule has 2 aliphatic heterocycles. The number of nitrogens with zero attached hydrogens (tertiary/aromatic N) is 1. The average molecular weight is 474 g/mol. The molecule has 182 valence electrons. The van der Waals surface area contributed by atoms with Crippen molar-refractivity contribution >= 4 is 16.7 Å². The zero-order chi connectivity index (χ0) is 25.4. The summed E-state index contributed by atoms with van der Waals surface area (Å²) in [4.78, 5) is 14.4. The number of hydrogen-bond donors (Lipinski definition) is 1. The first-order valence-electron chi connectivity index (χ1n) is 12.2. The van der Waals surface area contributed by atoms with E-state index in [1.807, 2.05) is 6.07 Å². The summed E-state index contributed by atoms with van der Waals surface area (Å²) in [7, 11) is 0. The van der Waals surface area contributed by atoms with E-state index in [9.17, 15) is 14.3 Å². The molecule has 0 amide bonds. The van der Waals surface area contributed by atoms with Crippen molar-refractivity contribution in [3.05, 3.63) is 74.2 Å². The van der Waals surface area contributed by atoms with Crippen LogP contribution in [0.4, 0.5) is 10.1 Å². The molecule has 5 rings (SSSR count). The Balaban J connectivity index is 1.98. The molecule has 3 aliphatic rings. The lowest BCUT2D eigenvalue weighted by atomic mass is 9.79. The molecule has 2 heterocycles. The molecule has 1 unspecified atom stereocenters. The van der Waals surface area contributed by atoms with E-state index in [0.717, 1.165) is 33.3 Å². The molecule has 0 radical (unpaired) electrons. The van der Waals surface area contributed by atoms with Gasteiger partial charge in [-0.25, -0.2) is 4.39 Å². The number of aryl methyl sites for hydroxylation is 2. The van der Waals surface area contributed by atoms with Gasteiger partial charge in [-0.15, -0.1) is 0 Å². The highest BCUT2D eigenvalue weighted by Gasteiger charge is 2.42. The molecule has 1 aliphatic carbocycles. The largest absolute Gasteiger partial charge is 0.456 e.